The molecule has 5 rings (SSSR count). The van der Waals surface area contributed by atoms with Crippen LogP contribution in [0.2, 0.25) is 20.2 Å². The minimum atomic E-state index is -2.60. The molecule has 7 heteroatoms. The maximum Gasteiger partial charge on any atom is 0.199 e. The topological polar surface area (TPSA) is 23.4 Å². The minimum absolute atomic E-state index is 0.0719. The monoisotopic (exact) mass is 760 g/mol. The van der Waals surface area contributed by atoms with Gasteiger partial charge in [-0.15, -0.1) is 0 Å². The van der Waals surface area contributed by atoms with Crippen LogP contribution in [0.4, 0.5) is 0 Å². The molecule has 4 radical (unpaired) electrons. The second-order valence-corrected chi connectivity index (χ2v) is 33.0. The Morgan fingerprint density at radius 1 is 0.630 bits per heavy atom. The van der Waals surface area contributed by atoms with Gasteiger partial charge in [-0.25, -0.2) is 0 Å². The van der Waals surface area contributed by atoms with Crippen LogP contribution in [0.15, 0.2) is 54.6 Å². The molecule has 3 aromatic carbocycles. The molecule has 1 fully saturated rings. The number of rotatable bonds is 7. The molecule has 1 saturated heterocycles. The lowest BCUT2D eigenvalue weighted by Crippen LogP contribution is -2.62. The highest BCUT2D eigenvalue weighted by molar-refractivity contribution is 7.28. The fourth-order valence-corrected chi connectivity index (χ4v) is 19.7. The quantitative estimate of drug-likeness (QED) is 0.175. The Hall–Kier alpha value is -2.22. The summed E-state index contributed by atoms with van der Waals surface area (Å²) in [6, 6.07) is 21.1. The third-order valence-corrected chi connectivity index (χ3v) is 24.7. The second kappa shape index (κ2) is 14.0. The van der Waals surface area contributed by atoms with E-state index >= 15 is 0 Å². The number of fused-ring (bicyclic) bond motifs is 3. The molecule has 290 valence electrons. The van der Waals surface area contributed by atoms with E-state index in [-0.39, 0.29) is 37.3 Å². The highest BCUT2D eigenvalue weighted by Crippen LogP contribution is 2.51. The Bertz CT molecular complexity index is 1860. The van der Waals surface area contributed by atoms with Gasteiger partial charge >= 0.3 is 0 Å². The van der Waals surface area contributed by atoms with Crippen molar-refractivity contribution < 1.29 is 9.47 Å². The number of benzene rings is 3. The summed E-state index contributed by atoms with van der Waals surface area (Å²) < 4.78 is 15.6. The molecule has 0 N–H and O–H groups in total. The van der Waals surface area contributed by atoms with Crippen LogP contribution in [0.3, 0.4) is 0 Å². The summed E-state index contributed by atoms with van der Waals surface area (Å²) >= 11 is 0. The normalized spacial score (nSPS) is 17.4. The molecule has 2 heterocycles. The maximum absolute atomic E-state index is 7.80. The number of ether oxygens (including phenoxy) is 2. The molecule has 1 aliphatic heterocycles. The molecule has 0 bridgehead atoms. The first-order valence-electron chi connectivity index (χ1n) is 20.5. The molecule has 0 aliphatic carbocycles. The SMILES string of the molecule is [B][Si](c1ccc2c3ccc([Si]([B])(C(C)(C)C)C(C)(C)C)cc3n(-c3cc(C(C)(C)CC(C)(C)C)ccc3OC3CCCCO3)c2c1)(C(C)(C)C)C(C)(C)C. The van der Waals surface area contributed by atoms with Crippen LogP contribution >= 0.6 is 0 Å². The highest BCUT2D eigenvalue weighted by Gasteiger charge is 2.50. The summed E-state index contributed by atoms with van der Waals surface area (Å²) in [5, 5.41) is 4.69. The average molecular weight is 760 g/mol. The van der Waals surface area contributed by atoms with Gasteiger partial charge in [0.05, 0.1) is 54.1 Å². The van der Waals surface area contributed by atoms with E-state index in [2.05, 4.69) is 177 Å². The first-order chi connectivity index (χ1) is 24.4. The predicted octanol–water partition coefficient (Wildman–Crippen LogP) is 12.2. The van der Waals surface area contributed by atoms with Gasteiger partial charge in [0.15, 0.2) is 6.29 Å². The second-order valence-electron chi connectivity index (χ2n) is 22.6. The van der Waals surface area contributed by atoms with E-state index in [1.807, 2.05) is 0 Å². The van der Waals surface area contributed by atoms with E-state index in [1.54, 1.807) is 0 Å². The molecule has 1 unspecified atom stereocenters. The Balaban J connectivity index is 1.97. The van der Waals surface area contributed by atoms with E-state index in [9.17, 15) is 0 Å². The van der Waals surface area contributed by atoms with E-state index < -0.39 is 15.9 Å². The third-order valence-electron chi connectivity index (χ3n) is 12.8. The van der Waals surface area contributed by atoms with E-state index in [0.717, 1.165) is 54.8 Å². The lowest BCUT2D eigenvalue weighted by molar-refractivity contribution is -0.105. The summed E-state index contributed by atoms with van der Waals surface area (Å²) in [5.74, 6) is 0.845. The number of nitrogens with zero attached hydrogens (tertiary/aromatic N) is 1. The first kappa shape index (κ1) is 42.9. The van der Waals surface area contributed by atoms with Gasteiger partial charge < -0.3 is 14.0 Å². The van der Waals surface area contributed by atoms with Gasteiger partial charge in [-0.3, -0.25) is 0 Å². The van der Waals surface area contributed by atoms with Crippen LogP contribution in [0.25, 0.3) is 27.5 Å². The summed E-state index contributed by atoms with van der Waals surface area (Å²) in [6.07, 6.45) is 3.83. The van der Waals surface area contributed by atoms with Crippen molar-refractivity contribution in [2.24, 2.45) is 5.41 Å². The Kier molecular flexibility index (Phi) is 11.1. The zero-order chi connectivity index (χ0) is 40.7. The first-order valence-corrected chi connectivity index (χ1v) is 24.7. The van der Waals surface area contributed by atoms with E-state index in [4.69, 9.17) is 24.4 Å². The van der Waals surface area contributed by atoms with Crippen LogP contribution in [0.5, 0.6) is 5.75 Å². The Morgan fingerprint density at radius 2 is 1.09 bits per heavy atom. The molecule has 1 aliphatic rings. The molecule has 0 spiro atoms. The van der Waals surface area contributed by atoms with Gasteiger partial charge in [-0.1, -0.05) is 158 Å². The number of hydrogen-bond donors (Lipinski definition) is 0. The third kappa shape index (κ3) is 7.61. The fourth-order valence-electron chi connectivity index (χ4n) is 10.3. The molecule has 1 aromatic heterocycles. The highest BCUT2D eigenvalue weighted by atomic mass is 28.3. The van der Waals surface area contributed by atoms with Crippen molar-refractivity contribution in [3.8, 4) is 11.4 Å². The van der Waals surface area contributed by atoms with E-state index in [0.29, 0.717) is 0 Å². The van der Waals surface area contributed by atoms with Crippen molar-refractivity contribution in [2.75, 3.05) is 6.61 Å². The van der Waals surface area contributed by atoms with Crippen molar-refractivity contribution >= 4 is 62.9 Å². The fraction of sp³-hybridized carbons (Fsp3) is 0.617. The molecule has 3 nitrogen and oxygen atoms in total. The van der Waals surface area contributed by atoms with Gasteiger partial charge in [0.25, 0.3) is 0 Å². The summed E-state index contributed by atoms with van der Waals surface area (Å²) in [7, 11) is 10.4. The minimum Gasteiger partial charge on any atom is -0.463 e. The molecule has 54 heavy (non-hydrogen) atoms. The average Bonchev–Trinajstić information content (AvgIpc) is 3.34. The van der Waals surface area contributed by atoms with Crippen LogP contribution in [0.1, 0.15) is 149 Å². The number of aromatic nitrogens is 1. The standard InChI is InChI=1S/C47H71B2NO2Si2/c1-42(2,3)31-47(16,17)32-21-26-40(52-41-20-18-19-27-51-41)39(28-32)50-37-29-33(53(48,43(4,5)6)44(7,8)9)22-24-35(37)36-25-23-34(30-38(36)50)54(49,45(10,11)12)46(13,14)15/h21-26,28-30,41H,18-20,27,31H2,1-17H3. The molecular weight excluding hydrogens is 688 g/mol. The molecule has 4 aromatic rings. The lowest BCUT2D eigenvalue weighted by atomic mass is 9.72. The summed E-state index contributed by atoms with van der Waals surface area (Å²) in [5.41, 5.74) is 4.75. The van der Waals surface area contributed by atoms with Crippen molar-refractivity contribution in [2.45, 2.75) is 175 Å². The Morgan fingerprint density at radius 3 is 1.48 bits per heavy atom. The van der Waals surface area contributed by atoms with E-state index in [1.165, 1.54) is 26.7 Å². The Labute approximate surface area is 334 Å². The van der Waals surface area contributed by atoms with Gasteiger partial charge in [-0.2, -0.15) is 0 Å². The van der Waals surface area contributed by atoms with Crippen LogP contribution in [-0.4, -0.2) is 48.2 Å². The van der Waals surface area contributed by atoms with Crippen molar-refractivity contribution in [3.05, 3.63) is 60.2 Å². The number of hydrogen-bond acceptors (Lipinski definition) is 2. The molecular formula is C47H71B2NO2Si2. The molecule has 0 saturated carbocycles. The molecule has 0 amide bonds. The van der Waals surface area contributed by atoms with Crippen molar-refractivity contribution in [1.29, 1.82) is 0 Å². The van der Waals surface area contributed by atoms with Crippen LogP contribution in [0, 0.1) is 5.41 Å². The van der Waals surface area contributed by atoms with Crippen molar-refractivity contribution in [3.63, 3.8) is 0 Å². The zero-order valence-electron chi connectivity index (χ0n) is 37.2. The summed E-state index contributed by atoms with van der Waals surface area (Å²) in [4.78, 5) is 0. The van der Waals surface area contributed by atoms with Gasteiger partial charge in [-0.05, 0) is 80.1 Å². The lowest BCUT2D eigenvalue weighted by Gasteiger charge is -2.51. The smallest absolute Gasteiger partial charge is 0.199 e. The van der Waals surface area contributed by atoms with Crippen molar-refractivity contribution in [1.82, 2.24) is 4.57 Å². The van der Waals surface area contributed by atoms with Gasteiger partial charge in [0.1, 0.15) is 5.75 Å². The largest absolute Gasteiger partial charge is 0.463 e. The zero-order valence-corrected chi connectivity index (χ0v) is 39.2. The van der Waals surface area contributed by atoms with Gasteiger partial charge in [0, 0.05) is 17.2 Å². The predicted molar refractivity (Wildman–Crippen MR) is 243 cm³/mol. The molecule has 1 atom stereocenters. The maximum atomic E-state index is 7.80. The van der Waals surface area contributed by atoms with Gasteiger partial charge in [0.2, 0.25) is 0 Å². The van der Waals surface area contributed by atoms with Crippen LogP contribution in [-0.2, 0) is 10.2 Å². The summed E-state index contributed by atoms with van der Waals surface area (Å²) in [6.45, 7) is 40.5. The van der Waals surface area contributed by atoms with Crippen LogP contribution < -0.4 is 15.1 Å².